The fraction of sp³-hybridized carbons (Fsp3) is 0.292. The van der Waals surface area contributed by atoms with Crippen LogP contribution in [-0.2, 0) is 6.18 Å². The summed E-state index contributed by atoms with van der Waals surface area (Å²) >= 11 is 6.33. The lowest BCUT2D eigenvalue weighted by Gasteiger charge is -2.22. The molecule has 3 aromatic heterocycles. The first-order valence-corrected chi connectivity index (χ1v) is 11.2. The molecule has 4 rings (SSSR count). The number of alkyl halides is 3. The molecular formula is C24H22ClF4N5O2. The quantitative estimate of drug-likeness (QED) is 0.309. The van der Waals surface area contributed by atoms with Crippen molar-refractivity contribution < 1.29 is 27.0 Å². The van der Waals surface area contributed by atoms with Crippen LogP contribution in [0.15, 0.2) is 30.6 Å². The Bertz CT molecular complexity index is 1460. The van der Waals surface area contributed by atoms with Crippen LogP contribution in [0.2, 0.25) is 5.15 Å². The SMILES string of the molecule is CCOc1c(C(C)c2nc(Cl)c3c(N)nccn23)cc(C)c(F)c1-c1ccc(C(F)(F)F)nc1OC. The first-order valence-electron chi connectivity index (χ1n) is 10.9. The number of halogens is 5. The molecule has 0 spiro atoms. The molecule has 7 nitrogen and oxygen atoms in total. The van der Waals surface area contributed by atoms with Gasteiger partial charge < -0.3 is 15.2 Å². The molecule has 3 heterocycles. The van der Waals surface area contributed by atoms with Crippen molar-refractivity contribution in [2.45, 2.75) is 32.9 Å². The summed E-state index contributed by atoms with van der Waals surface area (Å²) in [6, 6.07) is 3.51. The standard InChI is InChI=1S/C24H22ClF4N5O2/c1-5-36-19-14(12(3)22-33-20(25)18-21(30)31-8-9-34(18)22)10-11(2)17(26)16(19)13-6-7-15(24(27,28)29)32-23(13)35-4/h6-10,12H,5H2,1-4H3,(H2,30,31). The number of pyridine rings is 1. The zero-order chi connectivity index (χ0) is 26.4. The number of hydrogen-bond donors (Lipinski definition) is 1. The van der Waals surface area contributed by atoms with Gasteiger partial charge in [-0.15, -0.1) is 0 Å². The lowest BCUT2D eigenvalue weighted by atomic mass is 9.91. The minimum absolute atomic E-state index is 0.0167. The van der Waals surface area contributed by atoms with Crippen molar-refractivity contribution in [3.05, 3.63) is 64.2 Å². The number of hydrogen-bond acceptors (Lipinski definition) is 6. The van der Waals surface area contributed by atoms with Crippen LogP contribution in [0.25, 0.3) is 16.6 Å². The molecule has 0 saturated heterocycles. The van der Waals surface area contributed by atoms with Crippen molar-refractivity contribution in [2.75, 3.05) is 19.5 Å². The van der Waals surface area contributed by atoms with E-state index < -0.39 is 23.6 Å². The van der Waals surface area contributed by atoms with Gasteiger partial charge in [-0.05, 0) is 37.6 Å². The predicted octanol–water partition coefficient (Wildman–Crippen LogP) is 6.05. The normalized spacial score (nSPS) is 12.7. The van der Waals surface area contributed by atoms with Gasteiger partial charge >= 0.3 is 6.18 Å². The molecule has 12 heteroatoms. The molecule has 0 amide bonds. The number of imidazole rings is 1. The van der Waals surface area contributed by atoms with Crippen LogP contribution in [0.5, 0.6) is 11.6 Å². The van der Waals surface area contributed by atoms with Gasteiger partial charge in [0.25, 0.3) is 0 Å². The van der Waals surface area contributed by atoms with Crippen LogP contribution in [-0.4, -0.2) is 33.1 Å². The van der Waals surface area contributed by atoms with Gasteiger partial charge in [0.05, 0.1) is 24.8 Å². The Kier molecular flexibility index (Phi) is 6.70. The minimum atomic E-state index is -4.70. The fourth-order valence-electron chi connectivity index (χ4n) is 4.10. The Morgan fingerprint density at radius 1 is 1.22 bits per heavy atom. The second kappa shape index (κ2) is 9.45. The summed E-state index contributed by atoms with van der Waals surface area (Å²) in [6.45, 7) is 5.24. The van der Waals surface area contributed by atoms with Gasteiger partial charge in [0.2, 0.25) is 5.88 Å². The van der Waals surface area contributed by atoms with E-state index in [1.807, 2.05) is 6.92 Å². The maximum atomic E-state index is 15.6. The molecule has 0 aliphatic carbocycles. The Morgan fingerprint density at radius 2 is 1.94 bits per heavy atom. The number of anilines is 1. The fourth-order valence-corrected chi connectivity index (χ4v) is 4.37. The van der Waals surface area contributed by atoms with Crippen molar-refractivity contribution in [1.82, 2.24) is 19.4 Å². The van der Waals surface area contributed by atoms with E-state index in [1.165, 1.54) is 13.3 Å². The van der Waals surface area contributed by atoms with Crippen molar-refractivity contribution in [3.63, 3.8) is 0 Å². The summed E-state index contributed by atoms with van der Waals surface area (Å²) in [5.74, 6) is -0.757. The van der Waals surface area contributed by atoms with E-state index in [9.17, 15) is 13.2 Å². The first kappa shape index (κ1) is 25.5. The molecule has 1 aromatic carbocycles. The molecule has 36 heavy (non-hydrogen) atoms. The summed E-state index contributed by atoms with van der Waals surface area (Å²) in [6.07, 6.45) is -1.55. The van der Waals surface area contributed by atoms with Gasteiger partial charge in [-0.3, -0.25) is 4.40 Å². The molecule has 0 radical (unpaired) electrons. The second-order valence-electron chi connectivity index (χ2n) is 8.00. The first-order chi connectivity index (χ1) is 17.0. The maximum Gasteiger partial charge on any atom is 0.433 e. The number of aromatic nitrogens is 4. The average molecular weight is 524 g/mol. The van der Waals surface area contributed by atoms with E-state index in [-0.39, 0.29) is 45.9 Å². The number of fused-ring (bicyclic) bond motifs is 1. The number of nitrogens with zero attached hydrogens (tertiary/aromatic N) is 4. The summed E-state index contributed by atoms with van der Waals surface area (Å²) in [4.78, 5) is 12.1. The Balaban J connectivity index is 1.99. The van der Waals surface area contributed by atoms with Crippen LogP contribution in [0.3, 0.4) is 0 Å². The van der Waals surface area contributed by atoms with E-state index in [2.05, 4.69) is 15.0 Å². The van der Waals surface area contributed by atoms with Crippen molar-refractivity contribution >= 4 is 22.9 Å². The molecule has 1 atom stereocenters. The maximum absolute atomic E-state index is 15.6. The summed E-state index contributed by atoms with van der Waals surface area (Å²) < 4.78 is 68.1. The highest BCUT2D eigenvalue weighted by atomic mass is 35.5. The zero-order valence-electron chi connectivity index (χ0n) is 19.7. The highest BCUT2D eigenvalue weighted by Gasteiger charge is 2.34. The van der Waals surface area contributed by atoms with Crippen LogP contribution in [0.1, 0.15) is 42.4 Å². The van der Waals surface area contributed by atoms with Gasteiger partial charge in [-0.25, -0.2) is 19.3 Å². The molecule has 1 unspecified atom stereocenters. The van der Waals surface area contributed by atoms with E-state index in [1.54, 1.807) is 30.5 Å². The highest BCUT2D eigenvalue weighted by molar-refractivity contribution is 6.33. The average Bonchev–Trinajstić information content (AvgIpc) is 3.18. The zero-order valence-corrected chi connectivity index (χ0v) is 20.5. The number of benzene rings is 1. The monoisotopic (exact) mass is 523 g/mol. The third-order valence-electron chi connectivity index (χ3n) is 5.75. The van der Waals surface area contributed by atoms with Gasteiger partial charge in [0.1, 0.15) is 28.6 Å². The molecule has 2 N–H and O–H groups in total. The number of rotatable bonds is 6. The van der Waals surface area contributed by atoms with Gasteiger partial charge in [0.15, 0.2) is 11.0 Å². The molecule has 0 saturated carbocycles. The summed E-state index contributed by atoms with van der Waals surface area (Å²) in [7, 11) is 1.17. The molecule has 0 fully saturated rings. The van der Waals surface area contributed by atoms with Gasteiger partial charge in [-0.2, -0.15) is 13.2 Å². The Labute approximate surface area is 208 Å². The van der Waals surface area contributed by atoms with Crippen molar-refractivity contribution in [2.24, 2.45) is 0 Å². The third-order valence-corrected chi connectivity index (χ3v) is 6.01. The number of nitrogens with two attached hydrogens (primary N) is 1. The van der Waals surface area contributed by atoms with Crippen LogP contribution in [0.4, 0.5) is 23.4 Å². The van der Waals surface area contributed by atoms with Crippen molar-refractivity contribution in [1.29, 1.82) is 0 Å². The van der Waals surface area contributed by atoms with Crippen LogP contribution in [0, 0.1) is 12.7 Å². The lowest BCUT2D eigenvalue weighted by Crippen LogP contribution is -2.11. The molecule has 4 aromatic rings. The lowest BCUT2D eigenvalue weighted by molar-refractivity contribution is -0.141. The van der Waals surface area contributed by atoms with E-state index >= 15 is 4.39 Å². The van der Waals surface area contributed by atoms with Gasteiger partial charge in [0, 0.05) is 23.9 Å². The summed E-state index contributed by atoms with van der Waals surface area (Å²) in [5.41, 5.74) is 5.96. The van der Waals surface area contributed by atoms with Crippen LogP contribution < -0.4 is 15.2 Å². The van der Waals surface area contributed by atoms with Gasteiger partial charge in [-0.1, -0.05) is 18.5 Å². The summed E-state index contributed by atoms with van der Waals surface area (Å²) in [5, 5.41) is 0.146. The largest absolute Gasteiger partial charge is 0.493 e. The minimum Gasteiger partial charge on any atom is -0.493 e. The number of aryl methyl sites for hydroxylation is 1. The van der Waals surface area contributed by atoms with E-state index in [0.717, 1.165) is 12.1 Å². The number of methoxy groups -OCH3 is 1. The number of nitrogen functional groups attached to an aromatic ring is 1. The van der Waals surface area contributed by atoms with E-state index in [0.29, 0.717) is 16.9 Å². The molecule has 190 valence electrons. The molecule has 0 bridgehead atoms. The van der Waals surface area contributed by atoms with E-state index in [4.69, 9.17) is 26.8 Å². The smallest absolute Gasteiger partial charge is 0.433 e. The topological polar surface area (TPSA) is 87.6 Å². The third kappa shape index (κ3) is 4.27. The van der Waals surface area contributed by atoms with Crippen LogP contribution >= 0.6 is 11.6 Å². The predicted molar refractivity (Wildman–Crippen MR) is 127 cm³/mol. The van der Waals surface area contributed by atoms with Crippen molar-refractivity contribution in [3.8, 4) is 22.8 Å². The number of ether oxygens (including phenoxy) is 2. The second-order valence-corrected chi connectivity index (χ2v) is 8.36. The molecule has 0 aliphatic rings. The molecular weight excluding hydrogens is 502 g/mol. The Morgan fingerprint density at radius 3 is 2.58 bits per heavy atom. The Hall–Kier alpha value is -3.60. The highest BCUT2D eigenvalue weighted by Crippen LogP contribution is 2.45. The molecule has 0 aliphatic heterocycles.